The first-order valence-electron chi connectivity index (χ1n) is 9.77. The summed E-state index contributed by atoms with van der Waals surface area (Å²) in [5, 5.41) is 0.654. The number of rotatable bonds is 4. The third kappa shape index (κ3) is 3.70. The minimum Gasteiger partial charge on any atom is -0.381 e. The van der Waals surface area contributed by atoms with Crippen LogP contribution in [0, 0.1) is 5.82 Å². The summed E-state index contributed by atoms with van der Waals surface area (Å²) in [4.78, 5) is 29.0. The lowest BCUT2D eigenvalue weighted by Gasteiger charge is -2.25. The molecule has 154 valence electrons. The first-order valence-corrected chi connectivity index (χ1v) is 10.8. The molecule has 1 aromatic carbocycles. The molecule has 0 radical (unpaired) electrons. The van der Waals surface area contributed by atoms with Crippen molar-refractivity contribution < 1.29 is 9.18 Å². The van der Waals surface area contributed by atoms with Crippen LogP contribution in [0.2, 0.25) is 0 Å². The van der Waals surface area contributed by atoms with Crippen LogP contribution in [0.4, 0.5) is 15.9 Å². The number of nitrogens with two attached hydrogens (primary N) is 1. The van der Waals surface area contributed by atoms with E-state index < -0.39 is 5.82 Å². The average molecular weight is 431 g/mol. The monoisotopic (exact) mass is 431 g/mol. The van der Waals surface area contributed by atoms with Gasteiger partial charge in [0.15, 0.2) is 11.6 Å². The zero-order chi connectivity index (χ0) is 21.4. The zero-order valence-electron chi connectivity index (χ0n) is 16.5. The van der Waals surface area contributed by atoms with Crippen molar-refractivity contribution in [3.05, 3.63) is 83.7 Å². The van der Waals surface area contributed by atoms with Gasteiger partial charge in [-0.25, -0.2) is 9.37 Å². The van der Waals surface area contributed by atoms with Gasteiger partial charge in [0.2, 0.25) is 0 Å². The van der Waals surface area contributed by atoms with Gasteiger partial charge < -0.3 is 10.6 Å². The number of hydrogen-bond donors (Lipinski definition) is 1. The molecule has 4 heterocycles. The van der Waals surface area contributed by atoms with Gasteiger partial charge in [-0.1, -0.05) is 12.1 Å². The van der Waals surface area contributed by atoms with Gasteiger partial charge in [-0.3, -0.25) is 14.8 Å². The molecule has 5 rings (SSSR count). The summed E-state index contributed by atoms with van der Waals surface area (Å²) in [6, 6.07) is 12.2. The number of nitrogens with zero attached hydrogens (tertiary/aromatic N) is 4. The highest BCUT2D eigenvalue weighted by Crippen LogP contribution is 2.39. The summed E-state index contributed by atoms with van der Waals surface area (Å²) in [6.45, 7) is 0.319. The van der Waals surface area contributed by atoms with E-state index in [1.165, 1.54) is 6.07 Å². The average Bonchev–Trinajstić information content (AvgIpc) is 3.28. The van der Waals surface area contributed by atoms with E-state index in [2.05, 4.69) is 15.0 Å². The van der Waals surface area contributed by atoms with Crippen LogP contribution in [0.3, 0.4) is 0 Å². The number of fused-ring (bicyclic) bond motifs is 2. The van der Waals surface area contributed by atoms with Crippen LogP contribution in [0.15, 0.2) is 66.0 Å². The van der Waals surface area contributed by atoms with Crippen LogP contribution in [0.5, 0.6) is 0 Å². The van der Waals surface area contributed by atoms with E-state index in [0.717, 1.165) is 34.0 Å². The first-order chi connectivity index (χ1) is 15.1. The highest BCUT2D eigenvalue weighted by atomic mass is 32.2. The molecule has 0 atom stereocenters. The normalized spacial score (nSPS) is 12.7. The van der Waals surface area contributed by atoms with Crippen LogP contribution < -0.4 is 10.6 Å². The highest BCUT2D eigenvalue weighted by molar-refractivity contribution is 7.99. The molecule has 31 heavy (non-hydrogen) atoms. The number of carbonyl (C=O) groups is 1. The molecule has 0 saturated carbocycles. The van der Waals surface area contributed by atoms with Crippen molar-refractivity contribution >= 4 is 40.1 Å². The number of halogens is 1. The van der Waals surface area contributed by atoms with Crippen molar-refractivity contribution in [1.29, 1.82) is 0 Å². The second kappa shape index (κ2) is 7.96. The SMILES string of the molecule is Nc1nc2cc(CN(C(=O)c3cccnc3)c3ccnc4c3SCC4)ccc2cc1F. The Hall–Kier alpha value is -3.52. The van der Waals surface area contributed by atoms with E-state index in [1.807, 2.05) is 18.2 Å². The molecule has 0 bridgehead atoms. The molecule has 0 fully saturated rings. The Morgan fingerprint density at radius 1 is 1.19 bits per heavy atom. The van der Waals surface area contributed by atoms with Gasteiger partial charge in [-0.05, 0) is 35.9 Å². The maximum Gasteiger partial charge on any atom is 0.260 e. The molecule has 1 aliphatic rings. The van der Waals surface area contributed by atoms with E-state index in [9.17, 15) is 9.18 Å². The standard InChI is InChI=1S/C23H18FN5OS/c24-17-11-15-4-3-14(10-19(15)28-22(17)25)13-29(23(30)16-2-1-7-26-12-16)20-5-8-27-18-6-9-31-21(18)20/h1-5,7-8,10-12H,6,9,13H2,(H2,25,28). The summed E-state index contributed by atoms with van der Waals surface area (Å²) >= 11 is 1.71. The van der Waals surface area contributed by atoms with Crippen molar-refractivity contribution in [2.75, 3.05) is 16.4 Å². The van der Waals surface area contributed by atoms with E-state index in [-0.39, 0.29) is 11.7 Å². The molecule has 2 N–H and O–H groups in total. The summed E-state index contributed by atoms with van der Waals surface area (Å²) in [7, 11) is 0. The van der Waals surface area contributed by atoms with Crippen LogP contribution in [0.25, 0.3) is 10.9 Å². The second-order valence-electron chi connectivity index (χ2n) is 7.22. The van der Waals surface area contributed by atoms with Crippen molar-refractivity contribution in [3.63, 3.8) is 0 Å². The number of hydrogen-bond acceptors (Lipinski definition) is 6. The Kier molecular flexibility index (Phi) is 4.99. The molecule has 4 aromatic rings. The van der Waals surface area contributed by atoms with Crippen LogP contribution in [-0.4, -0.2) is 26.6 Å². The van der Waals surface area contributed by atoms with E-state index in [1.54, 1.807) is 53.5 Å². The van der Waals surface area contributed by atoms with Gasteiger partial charge in [0.1, 0.15) is 0 Å². The van der Waals surface area contributed by atoms with Crippen LogP contribution in [0.1, 0.15) is 21.6 Å². The van der Waals surface area contributed by atoms with Gasteiger partial charge in [-0.2, -0.15) is 0 Å². The number of aromatic nitrogens is 3. The van der Waals surface area contributed by atoms with Crippen LogP contribution >= 0.6 is 11.8 Å². The van der Waals surface area contributed by atoms with Gasteiger partial charge >= 0.3 is 0 Å². The Labute approximate surface area is 182 Å². The Morgan fingerprint density at radius 2 is 2.10 bits per heavy atom. The Balaban J connectivity index is 1.58. The van der Waals surface area contributed by atoms with Crippen LogP contribution in [-0.2, 0) is 13.0 Å². The van der Waals surface area contributed by atoms with E-state index in [4.69, 9.17) is 5.73 Å². The topological polar surface area (TPSA) is 85.0 Å². The number of nitrogen functional groups attached to an aromatic ring is 1. The predicted octanol–water partition coefficient (Wildman–Crippen LogP) is 4.24. The van der Waals surface area contributed by atoms with Gasteiger partial charge in [-0.15, -0.1) is 11.8 Å². The third-order valence-electron chi connectivity index (χ3n) is 5.19. The molecule has 0 aliphatic carbocycles. The summed E-state index contributed by atoms with van der Waals surface area (Å²) in [5.74, 6) is 0.105. The summed E-state index contributed by atoms with van der Waals surface area (Å²) in [6.07, 6.45) is 5.83. The molecular formula is C23H18FN5OS. The minimum atomic E-state index is -0.544. The molecule has 6 nitrogen and oxygen atoms in total. The molecule has 3 aromatic heterocycles. The fraction of sp³-hybridized carbons (Fsp3) is 0.130. The third-order valence-corrected chi connectivity index (χ3v) is 6.33. The highest BCUT2D eigenvalue weighted by Gasteiger charge is 2.25. The summed E-state index contributed by atoms with van der Waals surface area (Å²) < 4.78 is 13.7. The number of anilines is 2. The molecule has 8 heteroatoms. The van der Waals surface area contributed by atoms with Crippen molar-refractivity contribution in [3.8, 4) is 0 Å². The maximum atomic E-state index is 13.7. The molecule has 1 aliphatic heterocycles. The minimum absolute atomic E-state index is 0.142. The first kappa shape index (κ1) is 19.4. The van der Waals surface area contributed by atoms with Crippen molar-refractivity contribution in [1.82, 2.24) is 15.0 Å². The second-order valence-corrected chi connectivity index (χ2v) is 8.33. The number of amides is 1. The van der Waals surface area contributed by atoms with Gasteiger partial charge in [0.05, 0.1) is 33.9 Å². The zero-order valence-corrected chi connectivity index (χ0v) is 17.3. The number of thioether (sulfide) groups is 1. The molecule has 0 saturated heterocycles. The maximum absolute atomic E-state index is 13.7. The lowest BCUT2D eigenvalue weighted by Crippen LogP contribution is -2.31. The molecular weight excluding hydrogens is 413 g/mol. The smallest absolute Gasteiger partial charge is 0.260 e. The van der Waals surface area contributed by atoms with Gasteiger partial charge in [0.25, 0.3) is 5.91 Å². The molecule has 1 amide bonds. The van der Waals surface area contributed by atoms with E-state index in [0.29, 0.717) is 23.0 Å². The van der Waals surface area contributed by atoms with E-state index >= 15 is 0 Å². The number of pyridine rings is 3. The fourth-order valence-corrected chi connectivity index (χ4v) is 4.82. The lowest BCUT2D eigenvalue weighted by atomic mass is 10.1. The molecule has 0 spiro atoms. The summed E-state index contributed by atoms with van der Waals surface area (Å²) in [5.41, 5.74) is 9.43. The number of benzene rings is 1. The van der Waals surface area contributed by atoms with Crippen molar-refractivity contribution in [2.24, 2.45) is 0 Å². The molecule has 0 unspecified atom stereocenters. The van der Waals surface area contributed by atoms with Gasteiger partial charge in [0, 0.05) is 36.2 Å². The quantitative estimate of drug-likeness (QED) is 0.520. The number of carbonyl (C=O) groups excluding carboxylic acids is 1. The Morgan fingerprint density at radius 3 is 2.94 bits per heavy atom. The Bertz CT molecular complexity index is 1300. The fourth-order valence-electron chi connectivity index (χ4n) is 3.67. The lowest BCUT2D eigenvalue weighted by molar-refractivity contribution is 0.0984. The van der Waals surface area contributed by atoms with Crippen molar-refractivity contribution in [2.45, 2.75) is 17.9 Å². The predicted molar refractivity (Wildman–Crippen MR) is 120 cm³/mol. The largest absolute Gasteiger partial charge is 0.381 e. The number of aryl methyl sites for hydroxylation is 1.